The van der Waals surface area contributed by atoms with Crippen molar-refractivity contribution in [3.63, 3.8) is 0 Å². The van der Waals surface area contributed by atoms with Crippen molar-refractivity contribution in [2.24, 2.45) is 4.99 Å². The van der Waals surface area contributed by atoms with Gasteiger partial charge in [0, 0.05) is 24.7 Å². The minimum Gasteiger partial charge on any atom is -0.395 e. The Morgan fingerprint density at radius 3 is 2.50 bits per heavy atom. The van der Waals surface area contributed by atoms with Crippen LogP contribution in [0.15, 0.2) is 46.6 Å². The van der Waals surface area contributed by atoms with Gasteiger partial charge in [0.25, 0.3) is 5.91 Å². The predicted octanol–water partition coefficient (Wildman–Crippen LogP) is 2.42. The molecule has 9 nitrogen and oxygen atoms in total. The Hall–Kier alpha value is -3.13. The first kappa shape index (κ1) is 25.9. The lowest BCUT2D eigenvalue weighted by Crippen LogP contribution is -2.36. The number of amides is 1. The molecule has 0 aliphatic carbocycles. The van der Waals surface area contributed by atoms with Crippen LogP contribution in [0.4, 0.5) is 13.2 Å². The third-order valence-corrected chi connectivity index (χ3v) is 6.99. The molecule has 14 heteroatoms. The normalized spacial score (nSPS) is 17.3. The molecule has 0 saturated heterocycles. The van der Waals surface area contributed by atoms with Gasteiger partial charge in [-0.2, -0.15) is 23.3 Å². The number of aliphatic hydroxyl groups is 2. The van der Waals surface area contributed by atoms with E-state index in [4.69, 9.17) is 11.6 Å². The van der Waals surface area contributed by atoms with Crippen LogP contribution in [0.1, 0.15) is 16.8 Å². The lowest BCUT2D eigenvalue weighted by Gasteiger charge is -2.20. The number of nitrogens with zero attached hydrogens (tertiary/aromatic N) is 5. The summed E-state index contributed by atoms with van der Waals surface area (Å²) in [4.78, 5) is 21.4. The van der Waals surface area contributed by atoms with E-state index >= 15 is 0 Å². The van der Waals surface area contributed by atoms with Crippen molar-refractivity contribution in [2.45, 2.75) is 12.7 Å². The zero-order valence-corrected chi connectivity index (χ0v) is 20.0. The number of hydrogen-bond donors (Lipinski definition) is 2. The molecule has 0 saturated carbocycles. The van der Waals surface area contributed by atoms with Gasteiger partial charge in [0.1, 0.15) is 15.7 Å². The quantitative estimate of drug-likeness (QED) is 0.441. The molecule has 0 radical (unpaired) electrons. The molecule has 2 aromatic heterocycles. The van der Waals surface area contributed by atoms with Gasteiger partial charge in [-0.3, -0.25) is 14.5 Å². The van der Waals surface area contributed by atoms with Crippen LogP contribution in [-0.2, 0) is 28.3 Å². The van der Waals surface area contributed by atoms with Crippen LogP contribution in [-0.4, -0.2) is 71.5 Å². The Morgan fingerprint density at radius 1 is 1.14 bits per heavy atom. The number of aromatic nitrogens is 3. The fraction of sp³-hybridized carbons (Fsp3) is 0.273. The smallest absolute Gasteiger partial charge is 0.395 e. The van der Waals surface area contributed by atoms with Gasteiger partial charge in [-0.15, -0.1) is 0 Å². The number of aliphatic hydroxyl groups excluding tert-OH is 2. The van der Waals surface area contributed by atoms with Gasteiger partial charge >= 0.3 is 6.18 Å². The minimum absolute atomic E-state index is 0.0239. The molecule has 2 N–H and O–H groups in total. The van der Waals surface area contributed by atoms with Gasteiger partial charge in [0.2, 0.25) is 5.17 Å². The number of benzene rings is 1. The predicted molar refractivity (Wildman–Crippen MR) is 127 cm³/mol. The third-order valence-electron chi connectivity index (χ3n) is 5.29. The first-order valence-corrected chi connectivity index (χ1v) is 12.1. The van der Waals surface area contributed by atoms with Gasteiger partial charge in [-0.25, -0.2) is 4.21 Å². The van der Waals surface area contributed by atoms with Crippen LogP contribution >= 0.6 is 11.6 Å². The zero-order chi connectivity index (χ0) is 26.0. The molecule has 1 aliphatic heterocycles. The minimum atomic E-state index is -4.55. The third kappa shape index (κ3) is 5.33. The Labute approximate surface area is 210 Å². The van der Waals surface area contributed by atoms with Crippen LogP contribution in [0.25, 0.3) is 17.0 Å². The summed E-state index contributed by atoms with van der Waals surface area (Å²) < 4.78 is 53.0. The van der Waals surface area contributed by atoms with E-state index in [9.17, 15) is 32.4 Å². The number of hydrogen-bond acceptors (Lipinski definition) is 7. The van der Waals surface area contributed by atoms with Crippen molar-refractivity contribution in [1.29, 1.82) is 0 Å². The summed E-state index contributed by atoms with van der Waals surface area (Å²) in [5.74, 6) is -0.678. The highest BCUT2D eigenvalue weighted by molar-refractivity contribution is 8.05. The van der Waals surface area contributed by atoms with E-state index in [0.717, 1.165) is 6.07 Å². The fourth-order valence-corrected chi connectivity index (χ4v) is 5.01. The molecule has 190 valence electrons. The Balaban J connectivity index is 1.57. The lowest BCUT2D eigenvalue weighted by atomic mass is 10.1. The second kappa shape index (κ2) is 10.5. The maximum Gasteiger partial charge on any atom is 0.417 e. The number of carbonyl (C=O) groups is 1. The number of aliphatic imine (C=N–C) groups is 1. The van der Waals surface area contributed by atoms with Gasteiger partial charge in [-0.05, 0) is 29.8 Å². The average molecular weight is 542 g/mol. The number of amidine groups is 1. The number of rotatable bonds is 7. The highest BCUT2D eigenvalue weighted by atomic mass is 35.5. The summed E-state index contributed by atoms with van der Waals surface area (Å²) >= 11 is 6.01. The second-order valence-corrected chi connectivity index (χ2v) is 9.43. The van der Waals surface area contributed by atoms with Crippen molar-refractivity contribution in [1.82, 2.24) is 19.7 Å². The maximum absolute atomic E-state index is 12.9. The largest absolute Gasteiger partial charge is 0.417 e. The lowest BCUT2D eigenvalue weighted by molar-refractivity contribution is -0.137. The van der Waals surface area contributed by atoms with Crippen molar-refractivity contribution in [2.75, 3.05) is 26.3 Å². The monoisotopic (exact) mass is 541 g/mol. The Bertz CT molecular complexity index is 1400. The molecular formula is C22H19ClF3N5O4S. The summed E-state index contributed by atoms with van der Waals surface area (Å²) in [6.45, 7) is -0.371. The van der Waals surface area contributed by atoms with Crippen molar-refractivity contribution in [3.05, 3.63) is 63.4 Å². The Morgan fingerprint density at radius 2 is 1.86 bits per heavy atom. The summed E-state index contributed by atoms with van der Waals surface area (Å²) in [6, 6.07) is 5.88. The molecule has 1 aromatic carbocycles. The molecule has 3 heterocycles. The molecule has 4 rings (SSSR count). The van der Waals surface area contributed by atoms with Crippen molar-refractivity contribution < 1.29 is 32.4 Å². The van der Waals surface area contributed by atoms with Crippen LogP contribution in [0, 0.1) is 0 Å². The molecular weight excluding hydrogens is 523 g/mol. The highest BCUT2D eigenvalue weighted by Crippen LogP contribution is 2.31. The molecule has 36 heavy (non-hydrogen) atoms. The van der Waals surface area contributed by atoms with Crippen LogP contribution < -0.4 is 0 Å². The van der Waals surface area contributed by atoms with Crippen molar-refractivity contribution >= 4 is 50.5 Å². The molecule has 0 fully saturated rings. The van der Waals surface area contributed by atoms with E-state index in [1.165, 1.54) is 21.9 Å². The first-order valence-electron chi connectivity index (χ1n) is 10.5. The van der Waals surface area contributed by atoms with Crippen LogP contribution in [0.5, 0.6) is 0 Å². The van der Waals surface area contributed by atoms with Crippen LogP contribution in [0.2, 0.25) is 5.02 Å². The van der Waals surface area contributed by atoms with Gasteiger partial charge in [-0.1, -0.05) is 17.7 Å². The van der Waals surface area contributed by atoms with E-state index < -0.39 is 28.4 Å². The van der Waals surface area contributed by atoms with Crippen LogP contribution in [0.3, 0.4) is 0 Å². The van der Waals surface area contributed by atoms with Gasteiger partial charge in [0.15, 0.2) is 0 Å². The summed E-state index contributed by atoms with van der Waals surface area (Å²) in [5.41, 5.74) is 0.466. The number of pyridine rings is 1. The fourth-order valence-electron chi connectivity index (χ4n) is 3.56. The second-order valence-electron chi connectivity index (χ2n) is 7.68. The molecule has 0 spiro atoms. The number of carbonyl (C=O) groups excluding carboxylic acids is 1. The van der Waals surface area contributed by atoms with E-state index in [2.05, 4.69) is 15.1 Å². The Kier molecular flexibility index (Phi) is 7.54. The molecule has 1 amide bonds. The topological polar surface area (TPSA) is 121 Å². The number of halogens is 4. The first-order chi connectivity index (χ1) is 17.1. The maximum atomic E-state index is 12.9. The summed E-state index contributed by atoms with van der Waals surface area (Å²) in [5, 5.41) is 23.1. The van der Waals surface area contributed by atoms with E-state index in [1.54, 1.807) is 18.2 Å². The molecule has 1 aliphatic rings. The highest BCUT2D eigenvalue weighted by Gasteiger charge is 2.33. The average Bonchev–Trinajstić information content (AvgIpc) is 3.35. The van der Waals surface area contributed by atoms with Gasteiger partial charge in [0.05, 0.1) is 47.8 Å². The SMILES string of the molecule is O=C1N=C(N(CCO)CCO)S(=O)C1=Cc1ccc2c(cnn2Cc2ncc(C(F)(F)F)cc2Cl)c1. The summed E-state index contributed by atoms with van der Waals surface area (Å²) in [7, 11) is -1.89. The standard InChI is InChI=1S/C22H19ClF3N5O4S/c23-16-9-15(22(24,25)26)11-27-17(16)12-31-18-2-1-13(7-14(18)10-28-31)8-19-20(34)29-21(36(19)35)30(3-5-32)4-6-33/h1-2,7-11,32-33H,3-6,12H2. The van der Waals surface area contributed by atoms with Crippen molar-refractivity contribution in [3.8, 4) is 0 Å². The molecule has 1 atom stereocenters. The van der Waals surface area contributed by atoms with E-state index in [-0.39, 0.29) is 53.6 Å². The summed E-state index contributed by atoms with van der Waals surface area (Å²) in [6.07, 6.45) is -0.857. The molecule has 1 unspecified atom stereocenters. The van der Waals surface area contributed by atoms with Gasteiger partial charge < -0.3 is 15.1 Å². The van der Waals surface area contributed by atoms with E-state index in [0.29, 0.717) is 22.7 Å². The zero-order valence-electron chi connectivity index (χ0n) is 18.4. The molecule has 3 aromatic rings. The number of alkyl halides is 3. The van der Waals surface area contributed by atoms with E-state index in [1.807, 2.05) is 0 Å². The molecule has 0 bridgehead atoms. The number of fused-ring (bicyclic) bond motifs is 1.